The Balaban J connectivity index is 1.67. The topological polar surface area (TPSA) is 173 Å². The number of nitrogens with two attached hydrogens (primary N) is 2. The molecule has 4 rings (SSSR count). The second kappa shape index (κ2) is 11.5. The van der Waals surface area contributed by atoms with Gasteiger partial charge in [-0.2, -0.15) is 0 Å². The number of carbonyl (C=O) groups is 1. The van der Waals surface area contributed by atoms with Crippen LogP contribution in [0, 0.1) is 0 Å². The number of oxime groups is 1. The molecule has 0 fully saturated rings. The maximum absolute atomic E-state index is 13.5. The van der Waals surface area contributed by atoms with Gasteiger partial charge in [0.25, 0.3) is 0 Å². The largest absolute Gasteiger partial charge is 0.409 e. The van der Waals surface area contributed by atoms with Crippen LogP contribution in [-0.2, 0) is 21.2 Å². The molecule has 1 heterocycles. The molecule has 1 unspecified atom stereocenters. The van der Waals surface area contributed by atoms with Gasteiger partial charge in [0.1, 0.15) is 5.01 Å². The number of sulfonamides is 1. The van der Waals surface area contributed by atoms with E-state index in [9.17, 15) is 13.2 Å². The van der Waals surface area contributed by atoms with Gasteiger partial charge in [0.2, 0.25) is 15.9 Å². The Bertz CT molecular complexity index is 1520. The first-order chi connectivity index (χ1) is 17.8. The molecule has 0 saturated carbocycles. The van der Waals surface area contributed by atoms with Gasteiger partial charge in [-0.1, -0.05) is 41.6 Å². The molecule has 3 aromatic carbocycles. The summed E-state index contributed by atoms with van der Waals surface area (Å²) in [5.74, 6) is -0.351. The fraction of sp³-hybridized carbons (Fsp3) is 0.160. The van der Waals surface area contributed by atoms with Crippen molar-refractivity contribution < 1.29 is 18.4 Å². The summed E-state index contributed by atoms with van der Waals surface area (Å²) in [6.45, 7) is 0.187. The first-order valence-electron chi connectivity index (χ1n) is 11.3. The molecule has 4 aromatic rings. The van der Waals surface area contributed by atoms with E-state index < -0.39 is 16.1 Å². The average Bonchev–Trinajstić information content (AvgIpc) is 3.33. The van der Waals surface area contributed by atoms with Crippen molar-refractivity contribution in [1.29, 1.82) is 0 Å². The van der Waals surface area contributed by atoms with E-state index in [1.165, 1.54) is 23.5 Å². The van der Waals surface area contributed by atoms with Crippen LogP contribution in [0.2, 0.25) is 0 Å². The summed E-state index contributed by atoms with van der Waals surface area (Å²) in [6, 6.07) is 19.9. The van der Waals surface area contributed by atoms with Crippen molar-refractivity contribution in [3.05, 3.63) is 88.9 Å². The zero-order chi connectivity index (χ0) is 26.4. The number of anilines is 1. The minimum atomic E-state index is -4.01. The lowest BCUT2D eigenvalue weighted by molar-refractivity contribution is -0.116. The highest BCUT2D eigenvalue weighted by atomic mass is 32.2. The summed E-state index contributed by atoms with van der Waals surface area (Å²) < 4.78 is 30.6. The third-order valence-corrected chi connectivity index (χ3v) is 8.10. The van der Waals surface area contributed by atoms with Crippen LogP contribution in [0.15, 0.2) is 82.8 Å². The second-order valence-corrected chi connectivity index (χ2v) is 11.0. The number of amidine groups is 1. The Morgan fingerprint density at radius 3 is 2.62 bits per heavy atom. The van der Waals surface area contributed by atoms with E-state index in [4.69, 9.17) is 16.7 Å². The maximum atomic E-state index is 13.5. The molecule has 37 heavy (non-hydrogen) atoms. The molecular formula is C25H26N6O4S2. The normalized spacial score (nSPS) is 12.9. The lowest BCUT2D eigenvalue weighted by atomic mass is 10.0. The number of fused-ring (bicyclic) bond motifs is 1. The van der Waals surface area contributed by atoms with Gasteiger partial charge in [-0.25, -0.2) is 18.1 Å². The van der Waals surface area contributed by atoms with E-state index in [-0.39, 0.29) is 36.0 Å². The Hall–Kier alpha value is -3.84. The molecule has 0 bridgehead atoms. The van der Waals surface area contributed by atoms with Gasteiger partial charge in [0, 0.05) is 24.2 Å². The predicted molar refractivity (Wildman–Crippen MR) is 144 cm³/mol. The van der Waals surface area contributed by atoms with E-state index in [0.717, 1.165) is 15.8 Å². The molecule has 0 aliphatic carbocycles. The number of nitrogens with one attached hydrogen (secondary N) is 2. The fourth-order valence-corrected chi connectivity index (χ4v) is 6.06. The first kappa shape index (κ1) is 26.2. The van der Waals surface area contributed by atoms with Gasteiger partial charge in [0.15, 0.2) is 5.84 Å². The van der Waals surface area contributed by atoms with E-state index in [0.29, 0.717) is 16.3 Å². The fourth-order valence-electron chi connectivity index (χ4n) is 3.72. The van der Waals surface area contributed by atoms with Crippen LogP contribution in [0.4, 0.5) is 5.69 Å². The van der Waals surface area contributed by atoms with Crippen LogP contribution in [0.5, 0.6) is 0 Å². The molecule has 12 heteroatoms. The van der Waals surface area contributed by atoms with Crippen molar-refractivity contribution in [1.82, 2.24) is 9.71 Å². The Labute approximate surface area is 218 Å². The van der Waals surface area contributed by atoms with Gasteiger partial charge in [0.05, 0.1) is 21.2 Å². The van der Waals surface area contributed by atoms with Crippen molar-refractivity contribution in [2.24, 2.45) is 16.6 Å². The van der Waals surface area contributed by atoms with Gasteiger partial charge in [-0.3, -0.25) is 4.79 Å². The van der Waals surface area contributed by atoms with Gasteiger partial charge < -0.3 is 22.0 Å². The standard InChI is InChI=1S/C25H26N6O4S2/c26-12-11-23(32)28-18-7-4-8-19(15-18)37(34,35)31-21(25-29-20-9-1-2-10-22(20)36-25)14-16-5-3-6-17(13-16)24(27)30-33/h1-10,13,15,21,31,33H,11-12,14,26H2,(H2,27,30)(H,28,32). The molecule has 10 nitrogen and oxygen atoms in total. The maximum Gasteiger partial charge on any atom is 0.241 e. The van der Waals surface area contributed by atoms with Crippen molar-refractivity contribution in [2.75, 3.05) is 11.9 Å². The van der Waals surface area contributed by atoms with Crippen LogP contribution in [0.1, 0.15) is 28.6 Å². The van der Waals surface area contributed by atoms with E-state index >= 15 is 0 Å². The molecule has 1 atom stereocenters. The van der Waals surface area contributed by atoms with Crippen LogP contribution >= 0.6 is 11.3 Å². The zero-order valence-electron chi connectivity index (χ0n) is 19.7. The van der Waals surface area contributed by atoms with Crippen LogP contribution in [0.3, 0.4) is 0 Å². The second-order valence-electron chi connectivity index (χ2n) is 8.20. The third-order valence-electron chi connectivity index (χ3n) is 5.48. The Kier molecular flexibility index (Phi) is 8.14. The molecule has 0 radical (unpaired) electrons. The van der Waals surface area contributed by atoms with Gasteiger partial charge in [-0.05, 0) is 48.4 Å². The minimum absolute atomic E-state index is 0.00503. The van der Waals surface area contributed by atoms with Crippen LogP contribution in [-0.4, -0.2) is 36.9 Å². The number of benzene rings is 3. The van der Waals surface area contributed by atoms with Gasteiger partial charge in [-0.15, -0.1) is 11.3 Å². The first-order valence-corrected chi connectivity index (χ1v) is 13.6. The van der Waals surface area contributed by atoms with Crippen molar-refractivity contribution >= 4 is 49.0 Å². The summed E-state index contributed by atoms with van der Waals surface area (Å²) in [4.78, 5) is 16.6. The van der Waals surface area contributed by atoms with Crippen LogP contribution < -0.4 is 21.5 Å². The lowest BCUT2D eigenvalue weighted by Gasteiger charge is -2.18. The number of rotatable bonds is 10. The van der Waals surface area contributed by atoms with Crippen molar-refractivity contribution in [3.8, 4) is 0 Å². The van der Waals surface area contributed by atoms with Crippen molar-refractivity contribution in [2.45, 2.75) is 23.8 Å². The summed E-state index contributed by atoms with van der Waals surface area (Å²) in [5.41, 5.74) is 13.5. The SMILES string of the molecule is NCCC(=O)Nc1cccc(S(=O)(=O)NC(Cc2cccc(/C(N)=N\O)c2)c2nc3ccccc3s2)c1. The predicted octanol–water partition coefficient (Wildman–Crippen LogP) is 2.94. The average molecular weight is 539 g/mol. The number of nitrogens with zero attached hydrogens (tertiary/aromatic N) is 2. The molecule has 1 aromatic heterocycles. The summed E-state index contributed by atoms with van der Waals surface area (Å²) in [6.07, 6.45) is 0.387. The van der Waals surface area contributed by atoms with E-state index in [1.54, 1.807) is 30.3 Å². The number of hydrogen-bond acceptors (Lipinski definition) is 8. The Morgan fingerprint density at radius 1 is 1.08 bits per heavy atom. The number of aromatic nitrogens is 1. The molecule has 1 amide bonds. The Morgan fingerprint density at radius 2 is 1.86 bits per heavy atom. The number of carbonyl (C=O) groups excluding carboxylic acids is 1. The summed E-state index contributed by atoms with van der Waals surface area (Å²) >= 11 is 1.40. The van der Waals surface area contributed by atoms with Crippen LogP contribution in [0.25, 0.3) is 10.2 Å². The molecule has 0 spiro atoms. The minimum Gasteiger partial charge on any atom is -0.409 e. The molecule has 0 aliphatic heterocycles. The number of thiazole rings is 1. The number of para-hydroxylation sites is 1. The highest BCUT2D eigenvalue weighted by Crippen LogP contribution is 2.30. The molecule has 0 saturated heterocycles. The zero-order valence-corrected chi connectivity index (χ0v) is 21.3. The molecular weight excluding hydrogens is 512 g/mol. The van der Waals surface area contributed by atoms with Gasteiger partial charge >= 0.3 is 0 Å². The molecule has 192 valence electrons. The van der Waals surface area contributed by atoms with E-state index in [2.05, 4.69) is 20.2 Å². The van der Waals surface area contributed by atoms with E-state index in [1.807, 2.05) is 30.3 Å². The summed E-state index contributed by atoms with van der Waals surface area (Å²) in [5, 5.41) is 15.3. The lowest BCUT2D eigenvalue weighted by Crippen LogP contribution is -2.30. The summed E-state index contributed by atoms with van der Waals surface area (Å²) in [7, 11) is -4.01. The number of amides is 1. The smallest absolute Gasteiger partial charge is 0.241 e. The quantitative estimate of drug-likeness (QED) is 0.0893. The molecule has 0 aliphatic rings. The van der Waals surface area contributed by atoms with Crippen molar-refractivity contribution in [3.63, 3.8) is 0 Å². The monoisotopic (exact) mass is 538 g/mol. The number of hydrogen-bond donors (Lipinski definition) is 5. The molecule has 7 N–H and O–H groups in total. The highest BCUT2D eigenvalue weighted by Gasteiger charge is 2.25. The third kappa shape index (κ3) is 6.49. The highest BCUT2D eigenvalue weighted by molar-refractivity contribution is 7.89.